The van der Waals surface area contributed by atoms with Gasteiger partial charge < -0.3 is 10.6 Å². The van der Waals surface area contributed by atoms with Gasteiger partial charge in [0.1, 0.15) is 0 Å². The molecule has 0 aromatic heterocycles. The van der Waals surface area contributed by atoms with Crippen LogP contribution in [0.3, 0.4) is 0 Å². The molecule has 1 heterocycles. The number of hydrogen-bond acceptors (Lipinski definition) is 4. The van der Waals surface area contributed by atoms with Crippen LogP contribution in [0.1, 0.15) is 26.2 Å². The minimum Gasteiger partial charge on any atom is -0.356 e. The molecule has 0 radical (unpaired) electrons. The van der Waals surface area contributed by atoms with Crippen molar-refractivity contribution in [3.05, 3.63) is 0 Å². The molecule has 1 aliphatic rings. The average Bonchev–Trinajstić information content (AvgIpc) is 2.57. The fourth-order valence-corrected chi connectivity index (χ4v) is 3.85. The highest BCUT2D eigenvalue weighted by Gasteiger charge is 2.29. The molecule has 0 spiro atoms. The normalized spacial score (nSPS) is 22.5. The zero-order valence-corrected chi connectivity index (χ0v) is 11.2. The predicted octanol–water partition coefficient (Wildman–Crippen LogP) is -0.0730. The number of carbonyl (C=O) groups excluding carboxylic acids is 1. The molecule has 1 unspecified atom stereocenters. The van der Waals surface area contributed by atoms with Gasteiger partial charge in [-0.25, -0.2) is 8.42 Å². The van der Waals surface area contributed by atoms with Crippen molar-refractivity contribution < 1.29 is 13.2 Å². The third kappa shape index (κ3) is 6.02. The van der Waals surface area contributed by atoms with E-state index < -0.39 is 9.84 Å². The second-order valence-electron chi connectivity index (χ2n) is 4.53. The van der Waals surface area contributed by atoms with E-state index >= 15 is 0 Å². The smallest absolute Gasteiger partial charge is 0.220 e. The highest BCUT2D eigenvalue weighted by molar-refractivity contribution is 7.91. The first-order valence-corrected chi connectivity index (χ1v) is 8.03. The van der Waals surface area contributed by atoms with Gasteiger partial charge in [-0.1, -0.05) is 6.92 Å². The van der Waals surface area contributed by atoms with Gasteiger partial charge >= 0.3 is 0 Å². The Morgan fingerprint density at radius 1 is 1.35 bits per heavy atom. The minimum absolute atomic E-state index is 0.0220. The third-order valence-corrected chi connectivity index (χ3v) is 4.74. The number of carbonyl (C=O) groups is 1. The third-order valence-electron chi connectivity index (χ3n) is 2.90. The Hall–Kier alpha value is -0.620. The van der Waals surface area contributed by atoms with Gasteiger partial charge in [0.15, 0.2) is 9.84 Å². The van der Waals surface area contributed by atoms with E-state index in [-0.39, 0.29) is 23.3 Å². The minimum atomic E-state index is -2.86. The fraction of sp³-hybridized carbons (Fsp3) is 0.909. The number of amides is 1. The summed E-state index contributed by atoms with van der Waals surface area (Å²) in [5.74, 6) is 0.417. The lowest BCUT2D eigenvalue weighted by molar-refractivity contribution is -0.121. The molecular formula is C11H22N2O3S. The number of hydrogen-bond donors (Lipinski definition) is 2. The zero-order valence-electron chi connectivity index (χ0n) is 10.4. The quantitative estimate of drug-likeness (QED) is 0.630. The molecule has 1 aliphatic heterocycles. The van der Waals surface area contributed by atoms with Crippen LogP contribution in [0.15, 0.2) is 0 Å². The van der Waals surface area contributed by atoms with Gasteiger partial charge in [-0.3, -0.25) is 4.79 Å². The molecule has 1 saturated heterocycles. The molecule has 0 aromatic carbocycles. The Bertz CT molecular complexity index is 341. The van der Waals surface area contributed by atoms with Crippen LogP contribution >= 0.6 is 0 Å². The van der Waals surface area contributed by atoms with Crippen LogP contribution in [0.5, 0.6) is 0 Å². The van der Waals surface area contributed by atoms with Crippen molar-refractivity contribution in [3.63, 3.8) is 0 Å². The van der Waals surface area contributed by atoms with Gasteiger partial charge in [0.05, 0.1) is 11.5 Å². The monoisotopic (exact) mass is 262 g/mol. The highest BCUT2D eigenvalue weighted by Crippen LogP contribution is 2.21. The Morgan fingerprint density at radius 2 is 2.12 bits per heavy atom. The SMILES string of the molecule is CCNCCCNC(=O)CC1CCS(=O)(=O)C1. The van der Waals surface area contributed by atoms with E-state index in [2.05, 4.69) is 10.6 Å². The van der Waals surface area contributed by atoms with Crippen molar-refractivity contribution in [1.29, 1.82) is 0 Å². The Morgan fingerprint density at radius 3 is 2.71 bits per heavy atom. The molecule has 0 aliphatic carbocycles. The van der Waals surface area contributed by atoms with E-state index in [0.29, 0.717) is 19.4 Å². The molecule has 2 N–H and O–H groups in total. The number of sulfone groups is 1. The lowest BCUT2D eigenvalue weighted by Crippen LogP contribution is -2.29. The largest absolute Gasteiger partial charge is 0.356 e. The first-order chi connectivity index (χ1) is 8.03. The maximum Gasteiger partial charge on any atom is 0.220 e. The van der Waals surface area contributed by atoms with Crippen LogP contribution in [-0.2, 0) is 14.6 Å². The molecular weight excluding hydrogens is 240 g/mol. The van der Waals surface area contributed by atoms with E-state index in [1.165, 1.54) is 0 Å². The van der Waals surface area contributed by atoms with Crippen molar-refractivity contribution >= 4 is 15.7 Å². The maximum atomic E-state index is 11.5. The Balaban J connectivity index is 2.09. The van der Waals surface area contributed by atoms with Crippen LogP contribution < -0.4 is 10.6 Å². The first-order valence-electron chi connectivity index (χ1n) is 6.21. The predicted molar refractivity (Wildman–Crippen MR) is 67.5 cm³/mol. The number of rotatable bonds is 7. The lowest BCUT2D eigenvalue weighted by Gasteiger charge is -2.08. The summed E-state index contributed by atoms with van der Waals surface area (Å²) < 4.78 is 22.4. The van der Waals surface area contributed by atoms with Gasteiger partial charge in [0, 0.05) is 13.0 Å². The van der Waals surface area contributed by atoms with Crippen LogP contribution in [0, 0.1) is 5.92 Å². The van der Waals surface area contributed by atoms with Crippen LogP contribution in [-0.4, -0.2) is 45.5 Å². The molecule has 0 aromatic rings. The van der Waals surface area contributed by atoms with Crippen molar-refractivity contribution in [2.24, 2.45) is 5.92 Å². The molecule has 1 fully saturated rings. The second-order valence-corrected chi connectivity index (χ2v) is 6.76. The summed E-state index contributed by atoms with van der Waals surface area (Å²) in [6.07, 6.45) is 1.89. The van der Waals surface area contributed by atoms with Gasteiger partial charge in [-0.05, 0) is 31.8 Å². The Kier molecular flexibility index (Phi) is 5.91. The maximum absolute atomic E-state index is 11.5. The van der Waals surface area contributed by atoms with E-state index in [1.54, 1.807) is 0 Å². The zero-order chi connectivity index (χ0) is 12.7. The van der Waals surface area contributed by atoms with E-state index in [9.17, 15) is 13.2 Å². The van der Waals surface area contributed by atoms with E-state index in [0.717, 1.165) is 19.5 Å². The summed E-state index contributed by atoms with van der Waals surface area (Å²) in [6, 6.07) is 0. The summed E-state index contributed by atoms with van der Waals surface area (Å²) in [4.78, 5) is 11.5. The van der Waals surface area contributed by atoms with Crippen molar-refractivity contribution in [3.8, 4) is 0 Å². The lowest BCUT2D eigenvalue weighted by atomic mass is 10.1. The van der Waals surface area contributed by atoms with Crippen LogP contribution in [0.25, 0.3) is 0 Å². The van der Waals surface area contributed by atoms with Gasteiger partial charge in [0.25, 0.3) is 0 Å². The van der Waals surface area contributed by atoms with Crippen LogP contribution in [0.4, 0.5) is 0 Å². The van der Waals surface area contributed by atoms with Crippen molar-refractivity contribution in [2.45, 2.75) is 26.2 Å². The first kappa shape index (κ1) is 14.4. The molecule has 0 saturated carbocycles. The summed E-state index contributed by atoms with van der Waals surface area (Å²) in [7, 11) is -2.86. The van der Waals surface area contributed by atoms with Crippen LogP contribution in [0.2, 0.25) is 0 Å². The summed E-state index contributed by atoms with van der Waals surface area (Å²) >= 11 is 0. The molecule has 6 heteroatoms. The van der Waals surface area contributed by atoms with Gasteiger partial charge in [-0.2, -0.15) is 0 Å². The van der Waals surface area contributed by atoms with Gasteiger partial charge in [-0.15, -0.1) is 0 Å². The molecule has 1 atom stereocenters. The van der Waals surface area contributed by atoms with Gasteiger partial charge in [0.2, 0.25) is 5.91 Å². The fourth-order valence-electron chi connectivity index (χ4n) is 1.99. The topological polar surface area (TPSA) is 75.3 Å². The standard InChI is InChI=1S/C11H22N2O3S/c1-2-12-5-3-6-13-11(14)8-10-4-7-17(15,16)9-10/h10,12H,2-9H2,1H3,(H,13,14). The Labute approximate surface area is 103 Å². The second kappa shape index (κ2) is 6.96. The molecule has 100 valence electrons. The highest BCUT2D eigenvalue weighted by atomic mass is 32.2. The van der Waals surface area contributed by atoms with E-state index in [1.807, 2.05) is 6.92 Å². The summed E-state index contributed by atoms with van der Waals surface area (Å²) in [5.41, 5.74) is 0. The van der Waals surface area contributed by atoms with Crippen molar-refractivity contribution in [1.82, 2.24) is 10.6 Å². The molecule has 1 rings (SSSR count). The number of nitrogens with one attached hydrogen (secondary N) is 2. The average molecular weight is 262 g/mol. The molecule has 0 bridgehead atoms. The van der Waals surface area contributed by atoms with E-state index in [4.69, 9.17) is 0 Å². The summed E-state index contributed by atoms with van der Waals surface area (Å²) in [6.45, 7) is 4.53. The molecule has 17 heavy (non-hydrogen) atoms. The summed E-state index contributed by atoms with van der Waals surface area (Å²) in [5, 5.41) is 6.00. The molecule has 5 nitrogen and oxygen atoms in total. The van der Waals surface area contributed by atoms with Crippen molar-refractivity contribution in [2.75, 3.05) is 31.1 Å². The molecule has 1 amide bonds.